The van der Waals surface area contributed by atoms with Crippen molar-refractivity contribution in [2.24, 2.45) is 0 Å². The molecule has 144 valence electrons. The highest BCUT2D eigenvalue weighted by molar-refractivity contribution is 5.94. The van der Waals surface area contributed by atoms with Gasteiger partial charge >= 0.3 is 0 Å². The lowest BCUT2D eigenvalue weighted by Gasteiger charge is -2.29. The van der Waals surface area contributed by atoms with Crippen LogP contribution in [0.2, 0.25) is 0 Å². The second kappa shape index (κ2) is 8.91. The van der Waals surface area contributed by atoms with Crippen LogP contribution >= 0.6 is 0 Å². The van der Waals surface area contributed by atoms with E-state index in [0.29, 0.717) is 11.7 Å². The Hall–Kier alpha value is -2.53. The van der Waals surface area contributed by atoms with Crippen molar-refractivity contribution in [2.45, 2.75) is 32.8 Å². The van der Waals surface area contributed by atoms with Crippen LogP contribution in [0.1, 0.15) is 32.3 Å². The van der Waals surface area contributed by atoms with Gasteiger partial charge in [0.2, 0.25) is 0 Å². The molecule has 27 heavy (non-hydrogen) atoms. The Kier molecular flexibility index (Phi) is 6.35. The number of hydrogen-bond donors (Lipinski definition) is 1. The number of hydrogen-bond acceptors (Lipinski definition) is 4. The number of ether oxygens (including phenoxy) is 2. The van der Waals surface area contributed by atoms with Crippen LogP contribution in [0.25, 0.3) is 0 Å². The molecule has 1 N–H and O–H groups in total. The predicted octanol–water partition coefficient (Wildman–Crippen LogP) is 4.05. The van der Waals surface area contributed by atoms with Gasteiger partial charge in [0.05, 0.1) is 13.2 Å². The van der Waals surface area contributed by atoms with E-state index in [9.17, 15) is 4.79 Å². The third-order valence-electron chi connectivity index (χ3n) is 4.72. The molecule has 1 amide bonds. The molecule has 2 aromatic carbocycles. The van der Waals surface area contributed by atoms with Crippen molar-refractivity contribution >= 4 is 17.3 Å². The molecule has 1 aliphatic rings. The van der Waals surface area contributed by atoms with Crippen LogP contribution in [-0.4, -0.2) is 38.3 Å². The van der Waals surface area contributed by atoms with Crippen LogP contribution in [-0.2, 0) is 9.53 Å². The van der Waals surface area contributed by atoms with Gasteiger partial charge in [-0.25, -0.2) is 0 Å². The molecule has 1 unspecified atom stereocenters. The number of rotatable bonds is 6. The summed E-state index contributed by atoms with van der Waals surface area (Å²) >= 11 is 0. The van der Waals surface area contributed by atoms with Gasteiger partial charge in [-0.1, -0.05) is 26.0 Å². The van der Waals surface area contributed by atoms with E-state index in [1.165, 1.54) is 5.56 Å². The van der Waals surface area contributed by atoms with Crippen LogP contribution in [0.3, 0.4) is 0 Å². The lowest BCUT2D eigenvalue weighted by molar-refractivity contribution is -0.122. The summed E-state index contributed by atoms with van der Waals surface area (Å²) < 4.78 is 11.2. The molecule has 3 rings (SSSR count). The summed E-state index contributed by atoms with van der Waals surface area (Å²) in [4.78, 5) is 14.7. The van der Waals surface area contributed by atoms with Gasteiger partial charge in [0.15, 0.2) is 6.10 Å². The minimum atomic E-state index is -0.577. The Morgan fingerprint density at radius 1 is 1.07 bits per heavy atom. The topological polar surface area (TPSA) is 50.8 Å². The molecule has 0 aromatic heterocycles. The zero-order chi connectivity index (χ0) is 19.2. The predicted molar refractivity (Wildman–Crippen MR) is 109 cm³/mol. The summed E-state index contributed by atoms with van der Waals surface area (Å²) in [7, 11) is 0. The number of amides is 1. The van der Waals surface area contributed by atoms with E-state index in [0.717, 1.165) is 37.7 Å². The Morgan fingerprint density at radius 3 is 2.44 bits per heavy atom. The Balaban J connectivity index is 1.57. The summed E-state index contributed by atoms with van der Waals surface area (Å²) in [5.41, 5.74) is 3.10. The monoisotopic (exact) mass is 368 g/mol. The summed E-state index contributed by atoms with van der Waals surface area (Å²) in [5, 5.41) is 2.92. The Bertz CT molecular complexity index is 752. The van der Waals surface area contributed by atoms with Gasteiger partial charge in [-0.3, -0.25) is 4.79 Å². The maximum atomic E-state index is 12.5. The van der Waals surface area contributed by atoms with E-state index in [-0.39, 0.29) is 5.91 Å². The zero-order valence-corrected chi connectivity index (χ0v) is 16.3. The Morgan fingerprint density at radius 2 is 1.78 bits per heavy atom. The molecule has 1 aliphatic heterocycles. The molecule has 0 bridgehead atoms. The first-order chi connectivity index (χ1) is 13.0. The van der Waals surface area contributed by atoms with Gasteiger partial charge in [0, 0.05) is 24.5 Å². The van der Waals surface area contributed by atoms with Crippen LogP contribution in [0.4, 0.5) is 11.4 Å². The molecule has 0 spiro atoms. The second-order valence-corrected chi connectivity index (χ2v) is 7.12. The third kappa shape index (κ3) is 5.23. The van der Waals surface area contributed by atoms with Gasteiger partial charge in [0.1, 0.15) is 5.75 Å². The SMILES string of the molecule is CC(Oc1cccc(C(C)C)c1)C(=O)Nc1ccc(N2CCOCC2)cc1. The molecule has 2 aromatic rings. The number of carbonyl (C=O) groups excluding carboxylic acids is 1. The van der Waals surface area contributed by atoms with Gasteiger partial charge < -0.3 is 19.7 Å². The Labute approximate surface area is 161 Å². The van der Waals surface area contributed by atoms with E-state index >= 15 is 0 Å². The van der Waals surface area contributed by atoms with Gasteiger partial charge in [-0.2, -0.15) is 0 Å². The molecule has 1 fully saturated rings. The van der Waals surface area contributed by atoms with Crippen molar-refractivity contribution in [3.63, 3.8) is 0 Å². The van der Waals surface area contributed by atoms with E-state index in [4.69, 9.17) is 9.47 Å². The number of anilines is 2. The van der Waals surface area contributed by atoms with E-state index < -0.39 is 6.10 Å². The van der Waals surface area contributed by atoms with E-state index in [1.807, 2.05) is 42.5 Å². The number of benzene rings is 2. The molecule has 1 atom stereocenters. The zero-order valence-electron chi connectivity index (χ0n) is 16.3. The molecular formula is C22H28N2O3. The maximum absolute atomic E-state index is 12.5. The van der Waals surface area contributed by atoms with E-state index in [1.54, 1.807) is 6.92 Å². The molecule has 1 heterocycles. The summed E-state index contributed by atoms with van der Waals surface area (Å²) in [6.07, 6.45) is -0.577. The van der Waals surface area contributed by atoms with Gasteiger partial charge in [-0.05, 0) is 54.8 Å². The third-order valence-corrected chi connectivity index (χ3v) is 4.72. The standard InChI is InChI=1S/C22H28N2O3/c1-16(2)18-5-4-6-21(15-18)27-17(3)22(25)23-19-7-9-20(10-8-19)24-11-13-26-14-12-24/h4-10,15-17H,11-14H2,1-3H3,(H,23,25). The fourth-order valence-electron chi connectivity index (χ4n) is 3.03. The van der Waals surface area contributed by atoms with Crippen molar-refractivity contribution in [2.75, 3.05) is 36.5 Å². The first kappa shape index (κ1) is 19.2. The minimum absolute atomic E-state index is 0.163. The van der Waals surface area contributed by atoms with Crippen LogP contribution < -0.4 is 15.0 Å². The lowest BCUT2D eigenvalue weighted by Crippen LogP contribution is -2.36. The number of morpholine rings is 1. The summed E-state index contributed by atoms with van der Waals surface area (Å²) in [6.45, 7) is 9.33. The van der Waals surface area contributed by atoms with Gasteiger partial charge in [0.25, 0.3) is 5.91 Å². The van der Waals surface area contributed by atoms with Crippen molar-refractivity contribution in [1.82, 2.24) is 0 Å². The van der Waals surface area contributed by atoms with Gasteiger partial charge in [-0.15, -0.1) is 0 Å². The second-order valence-electron chi connectivity index (χ2n) is 7.12. The lowest BCUT2D eigenvalue weighted by atomic mass is 10.0. The molecule has 0 radical (unpaired) electrons. The smallest absolute Gasteiger partial charge is 0.265 e. The van der Waals surface area contributed by atoms with Crippen molar-refractivity contribution in [3.8, 4) is 5.75 Å². The molecule has 1 saturated heterocycles. The highest BCUT2D eigenvalue weighted by Crippen LogP contribution is 2.22. The number of carbonyl (C=O) groups is 1. The normalized spacial score (nSPS) is 15.5. The molecule has 0 saturated carbocycles. The molecule has 5 heteroatoms. The average Bonchev–Trinajstić information content (AvgIpc) is 2.69. The largest absolute Gasteiger partial charge is 0.481 e. The minimum Gasteiger partial charge on any atom is -0.481 e. The van der Waals surface area contributed by atoms with Crippen molar-refractivity contribution in [1.29, 1.82) is 0 Å². The highest BCUT2D eigenvalue weighted by Gasteiger charge is 2.16. The van der Waals surface area contributed by atoms with Crippen molar-refractivity contribution < 1.29 is 14.3 Å². The average molecular weight is 368 g/mol. The quantitative estimate of drug-likeness (QED) is 0.836. The fraction of sp³-hybridized carbons (Fsp3) is 0.409. The number of nitrogens with one attached hydrogen (secondary N) is 1. The summed E-state index contributed by atoms with van der Waals surface area (Å²) in [5.74, 6) is 0.971. The van der Waals surface area contributed by atoms with Crippen LogP contribution in [0.15, 0.2) is 48.5 Å². The first-order valence-electron chi connectivity index (χ1n) is 9.53. The van der Waals surface area contributed by atoms with E-state index in [2.05, 4.69) is 30.1 Å². The molecule has 5 nitrogen and oxygen atoms in total. The maximum Gasteiger partial charge on any atom is 0.265 e. The highest BCUT2D eigenvalue weighted by atomic mass is 16.5. The molecule has 0 aliphatic carbocycles. The first-order valence-corrected chi connectivity index (χ1v) is 9.53. The van der Waals surface area contributed by atoms with Crippen LogP contribution in [0, 0.1) is 0 Å². The fourth-order valence-corrected chi connectivity index (χ4v) is 3.03. The number of nitrogens with zero attached hydrogens (tertiary/aromatic N) is 1. The molecular weight excluding hydrogens is 340 g/mol. The van der Waals surface area contributed by atoms with Crippen LogP contribution in [0.5, 0.6) is 5.75 Å². The van der Waals surface area contributed by atoms with Crippen molar-refractivity contribution in [3.05, 3.63) is 54.1 Å². The summed E-state index contributed by atoms with van der Waals surface area (Å²) in [6, 6.07) is 15.8.